The van der Waals surface area contributed by atoms with Crippen molar-refractivity contribution in [2.75, 3.05) is 20.8 Å². The molecule has 1 unspecified atom stereocenters. The Morgan fingerprint density at radius 2 is 1.59 bits per heavy atom. The second-order valence-corrected chi connectivity index (χ2v) is 11.6. The van der Waals surface area contributed by atoms with Crippen LogP contribution in [0.15, 0.2) is 78.0 Å². The highest BCUT2D eigenvalue weighted by atomic mass is 32.3. The molecule has 0 radical (unpaired) electrons. The molecule has 0 aliphatic heterocycles. The van der Waals surface area contributed by atoms with E-state index in [0.29, 0.717) is 15.0 Å². The van der Waals surface area contributed by atoms with Crippen LogP contribution in [0.5, 0.6) is 11.5 Å². The van der Waals surface area contributed by atoms with Crippen molar-refractivity contribution in [1.82, 2.24) is 8.69 Å². The zero-order chi connectivity index (χ0) is 24.8. The molecule has 9 nitrogen and oxygen atoms in total. The van der Waals surface area contributed by atoms with Gasteiger partial charge in [0.2, 0.25) is 10.0 Å². The molecule has 34 heavy (non-hydrogen) atoms. The molecule has 2 aromatic carbocycles. The number of benzene rings is 2. The van der Waals surface area contributed by atoms with E-state index in [4.69, 9.17) is 15.2 Å². The van der Waals surface area contributed by atoms with Crippen molar-refractivity contribution in [1.29, 1.82) is 0 Å². The molecule has 1 aromatic heterocycles. The summed E-state index contributed by atoms with van der Waals surface area (Å²) in [7, 11) is -6.18. The summed E-state index contributed by atoms with van der Waals surface area (Å²) >= 11 is 0. The van der Waals surface area contributed by atoms with Crippen molar-refractivity contribution in [3.05, 3.63) is 84.2 Å². The van der Waals surface area contributed by atoms with E-state index in [2.05, 4.69) is 4.98 Å². The SMILES string of the molecule is COc1ccc(S(=O)(=O)N(Cc2cccnc2)S(=O)(=O)C(CN)Cc2ccccc2)cc1OC. The second-order valence-electron chi connectivity index (χ2n) is 7.41. The highest BCUT2D eigenvalue weighted by molar-refractivity contribution is 8.04. The van der Waals surface area contributed by atoms with E-state index in [9.17, 15) is 16.8 Å². The fourth-order valence-electron chi connectivity index (χ4n) is 3.40. The molecule has 1 heterocycles. The highest BCUT2D eigenvalue weighted by Gasteiger charge is 2.40. The minimum absolute atomic E-state index is 0.0602. The Hall–Kier alpha value is -2.99. The summed E-state index contributed by atoms with van der Waals surface area (Å²) in [5.74, 6) is 0.467. The quantitative estimate of drug-likeness (QED) is 0.420. The lowest BCUT2D eigenvalue weighted by Gasteiger charge is -2.27. The smallest absolute Gasteiger partial charge is 0.256 e. The van der Waals surface area contributed by atoms with Crippen molar-refractivity contribution < 1.29 is 26.3 Å². The Morgan fingerprint density at radius 1 is 0.912 bits per heavy atom. The van der Waals surface area contributed by atoms with Gasteiger partial charge in [-0.25, -0.2) is 16.8 Å². The molecular formula is C23H27N3O6S2. The van der Waals surface area contributed by atoms with Gasteiger partial charge in [-0.2, -0.15) is 0 Å². The van der Waals surface area contributed by atoms with E-state index in [1.165, 1.54) is 44.8 Å². The topological polar surface area (TPSA) is 129 Å². The van der Waals surface area contributed by atoms with E-state index in [-0.39, 0.29) is 23.6 Å². The summed E-state index contributed by atoms with van der Waals surface area (Å²) < 4.78 is 65.8. The van der Waals surface area contributed by atoms with E-state index >= 15 is 0 Å². The molecule has 0 aliphatic rings. The number of nitrogens with two attached hydrogens (primary N) is 1. The number of sulfonamides is 2. The molecule has 0 amide bonds. The molecule has 0 aliphatic carbocycles. The standard InChI is InChI=1S/C23H27N3O6S2/c1-31-22-11-10-20(14-23(22)32-2)33(27,28)26(17-19-9-6-12-25-16-19)34(29,30)21(15-24)13-18-7-4-3-5-8-18/h3-12,14,16,21H,13,15,17,24H2,1-2H3. The third kappa shape index (κ3) is 5.55. The van der Waals surface area contributed by atoms with Crippen molar-refractivity contribution >= 4 is 20.0 Å². The monoisotopic (exact) mass is 505 g/mol. The Morgan fingerprint density at radius 3 is 2.18 bits per heavy atom. The summed E-state index contributed by atoms with van der Waals surface area (Å²) in [5.41, 5.74) is 6.99. The molecule has 3 aromatic rings. The highest BCUT2D eigenvalue weighted by Crippen LogP contribution is 2.32. The maximum absolute atomic E-state index is 13.8. The van der Waals surface area contributed by atoms with Gasteiger partial charge in [-0.3, -0.25) is 4.98 Å². The van der Waals surface area contributed by atoms with E-state index < -0.39 is 31.8 Å². The summed E-state index contributed by atoms with van der Waals surface area (Å²) in [6, 6.07) is 16.0. The van der Waals surface area contributed by atoms with Gasteiger partial charge >= 0.3 is 0 Å². The van der Waals surface area contributed by atoms with Crippen LogP contribution in [0.3, 0.4) is 0 Å². The van der Waals surface area contributed by atoms with E-state index in [1.54, 1.807) is 36.4 Å². The van der Waals surface area contributed by atoms with Crippen LogP contribution in [0.1, 0.15) is 11.1 Å². The molecule has 1 atom stereocenters. The van der Waals surface area contributed by atoms with E-state index in [1.807, 2.05) is 6.07 Å². The maximum atomic E-state index is 13.8. The first-order valence-electron chi connectivity index (χ1n) is 10.4. The van der Waals surface area contributed by atoms with Crippen LogP contribution in [0, 0.1) is 0 Å². The number of aromatic nitrogens is 1. The third-order valence-electron chi connectivity index (χ3n) is 5.23. The number of rotatable bonds is 11. The average Bonchev–Trinajstić information content (AvgIpc) is 2.86. The van der Waals surface area contributed by atoms with Crippen molar-refractivity contribution in [2.45, 2.75) is 23.1 Å². The Balaban J connectivity index is 2.10. The summed E-state index contributed by atoms with van der Waals surface area (Å²) in [6.45, 7) is -0.694. The first kappa shape index (κ1) is 25.6. The van der Waals surface area contributed by atoms with Gasteiger partial charge in [0.05, 0.1) is 30.9 Å². The zero-order valence-corrected chi connectivity index (χ0v) is 20.5. The number of nitrogens with zero attached hydrogens (tertiary/aromatic N) is 2. The minimum Gasteiger partial charge on any atom is -0.493 e. The van der Waals surface area contributed by atoms with Gasteiger partial charge < -0.3 is 15.2 Å². The van der Waals surface area contributed by atoms with Gasteiger partial charge in [0, 0.05) is 25.0 Å². The normalized spacial score (nSPS) is 12.9. The fourth-order valence-corrected chi connectivity index (χ4v) is 7.48. The molecule has 0 saturated heterocycles. The van der Waals surface area contributed by atoms with Gasteiger partial charge in [-0.1, -0.05) is 40.1 Å². The lowest BCUT2D eigenvalue weighted by atomic mass is 10.1. The van der Waals surface area contributed by atoms with Crippen LogP contribution in [0.25, 0.3) is 0 Å². The Bertz CT molecular complexity index is 1300. The van der Waals surface area contributed by atoms with Gasteiger partial charge in [0.25, 0.3) is 10.0 Å². The lowest BCUT2D eigenvalue weighted by molar-refractivity contribution is 0.353. The fraction of sp³-hybridized carbons (Fsp3) is 0.261. The predicted molar refractivity (Wildman–Crippen MR) is 128 cm³/mol. The minimum atomic E-state index is -4.54. The summed E-state index contributed by atoms with van der Waals surface area (Å²) in [4.78, 5) is 3.72. The molecule has 3 rings (SSSR count). The summed E-state index contributed by atoms with van der Waals surface area (Å²) in [5, 5.41) is -1.17. The molecule has 0 bridgehead atoms. The van der Waals surface area contributed by atoms with Gasteiger partial charge in [-0.05, 0) is 35.7 Å². The molecule has 0 spiro atoms. The van der Waals surface area contributed by atoms with Crippen molar-refractivity contribution in [3.63, 3.8) is 0 Å². The second kappa shape index (κ2) is 11.0. The molecule has 11 heteroatoms. The lowest BCUT2D eigenvalue weighted by Crippen LogP contribution is -2.45. The van der Waals surface area contributed by atoms with Crippen LogP contribution < -0.4 is 15.2 Å². The van der Waals surface area contributed by atoms with Crippen molar-refractivity contribution in [3.8, 4) is 11.5 Å². The molecule has 2 N–H and O–H groups in total. The third-order valence-corrected chi connectivity index (χ3v) is 9.85. The Kier molecular flexibility index (Phi) is 8.26. The van der Waals surface area contributed by atoms with Gasteiger partial charge in [-0.15, -0.1) is 0 Å². The number of pyridine rings is 1. The average molecular weight is 506 g/mol. The van der Waals surface area contributed by atoms with Crippen LogP contribution in [0.4, 0.5) is 0 Å². The molecular weight excluding hydrogens is 478 g/mol. The predicted octanol–water partition coefficient (Wildman–Crippen LogP) is 2.19. The molecule has 0 saturated carbocycles. The first-order chi connectivity index (χ1) is 16.2. The maximum Gasteiger partial charge on any atom is 0.256 e. The van der Waals surface area contributed by atoms with Crippen LogP contribution in [-0.2, 0) is 33.0 Å². The van der Waals surface area contributed by atoms with Gasteiger partial charge in [0.1, 0.15) is 0 Å². The zero-order valence-electron chi connectivity index (χ0n) is 18.9. The number of ether oxygens (including phenoxy) is 2. The van der Waals surface area contributed by atoms with Crippen LogP contribution in [-0.4, -0.2) is 51.5 Å². The molecule has 0 fully saturated rings. The number of hydrogen-bond donors (Lipinski definition) is 1. The number of methoxy groups -OCH3 is 2. The first-order valence-corrected chi connectivity index (χ1v) is 13.3. The van der Waals surface area contributed by atoms with E-state index in [0.717, 1.165) is 5.56 Å². The van der Waals surface area contributed by atoms with Gasteiger partial charge in [0.15, 0.2) is 11.5 Å². The Labute approximate surface area is 200 Å². The number of hydrogen-bond acceptors (Lipinski definition) is 8. The summed E-state index contributed by atoms with van der Waals surface area (Å²) in [6.07, 6.45) is 3.00. The largest absolute Gasteiger partial charge is 0.493 e. The molecule has 182 valence electrons. The van der Waals surface area contributed by atoms with Crippen LogP contribution >= 0.6 is 0 Å². The van der Waals surface area contributed by atoms with Crippen LogP contribution in [0.2, 0.25) is 0 Å². The van der Waals surface area contributed by atoms with Crippen molar-refractivity contribution in [2.24, 2.45) is 5.73 Å².